The summed E-state index contributed by atoms with van der Waals surface area (Å²) in [6.45, 7) is 8.35. The van der Waals surface area contributed by atoms with Crippen LogP contribution in [0.5, 0.6) is 0 Å². The summed E-state index contributed by atoms with van der Waals surface area (Å²) < 4.78 is 41.2. The number of rotatable bonds is 16. The summed E-state index contributed by atoms with van der Waals surface area (Å²) >= 11 is 0. The molecule has 2 N–H and O–H groups in total. The molecule has 0 amide bonds. The molecule has 2 saturated carbocycles. The number of hydrogen-bond donors (Lipinski definition) is 2. The fourth-order valence-electron chi connectivity index (χ4n) is 7.40. The minimum Gasteiger partial charge on any atom is -0.462 e. The number of methoxy groups -OCH3 is 1. The van der Waals surface area contributed by atoms with Gasteiger partial charge in [0, 0.05) is 24.2 Å². The standard InChI is InChI=1S/C37H50F2O4.C4H6O2/c1-4-5-6-7-26-8-10-27(11-9-26)28-12-14-29(15-13-28)33-19-17-31(21-36(33)39)34-18-16-30(20-35(34)38)32(23-42-3)24-43-37(41)25(2)22-40;1-4(2-5)3-6/h16-21,26-29,32,40H,2,4-15,22-24H2,1,3H3;2,6H,1,3H2. The van der Waals surface area contributed by atoms with E-state index in [0.29, 0.717) is 23.0 Å². The van der Waals surface area contributed by atoms with Crippen molar-refractivity contribution >= 4 is 12.3 Å². The molecule has 0 bridgehead atoms. The van der Waals surface area contributed by atoms with Gasteiger partial charge in [-0.1, -0.05) is 82.9 Å². The highest BCUT2D eigenvalue weighted by molar-refractivity contribution is 5.87. The molecule has 1 unspecified atom stereocenters. The Morgan fingerprint density at radius 2 is 1.57 bits per heavy atom. The van der Waals surface area contributed by atoms with E-state index in [-0.39, 0.29) is 42.7 Å². The molecule has 6 nitrogen and oxygen atoms in total. The van der Waals surface area contributed by atoms with Crippen molar-refractivity contribution in [3.63, 3.8) is 0 Å². The average molecular weight is 683 g/mol. The van der Waals surface area contributed by atoms with Crippen molar-refractivity contribution in [2.75, 3.05) is 33.5 Å². The van der Waals surface area contributed by atoms with E-state index in [1.165, 1.54) is 83.5 Å². The molecule has 0 radical (unpaired) electrons. The number of aldehydes is 1. The van der Waals surface area contributed by atoms with Crippen molar-refractivity contribution in [3.8, 4) is 11.1 Å². The number of aliphatic hydroxyl groups excluding tert-OH is 2. The Kier molecular flexibility index (Phi) is 17.3. The van der Waals surface area contributed by atoms with E-state index in [1.807, 2.05) is 12.1 Å². The van der Waals surface area contributed by atoms with Crippen molar-refractivity contribution in [1.29, 1.82) is 0 Å². The monoisotopic (exact) mass is 682 g/mol. The topological polar surface area (TPSA) is 93.1 Å². The first-order valence-corrected chi connectivity index (χ1v) is 17.9. The zero-order valence-corrected chi connectivity index (χ0v) is 29.4. The number of ether oxygens (including phenoxy) is 2. The van der Waals surface area contributed by atoms with Gasteiger partial charge in [0.2, 0.25) is 0 Å². The molecule has 49 heavy (non-hydrogen) atoms. The summed E-state index contributed by atoms with van der Waals surface area (Å²) in [5, 5.41) is 17.1. The minimum absolute atomic E-state index is 0.0453. The molecule has 1 atom stereocenters. The second kappa shape index (κ2) is 21.1. The van der Waals surface area contributed by atoms with Gasteiger partial charge in [0.1, 0.15) is 24.5 Å². The van der Waals surface area contributed by atoms with Gasteiger partial charge in [-0.3, -0.25) is 4.79 Å². The summed E-state index contributed by atoms with van der Waals surface area (Å²) in [6, 6.07) is 9.93. The molecule has 0 heterocycles. The number of halogens is 2. The number of aliphatic hydroxyl groups is 2. The van der Waals surface area contributed by atoms with E-state index in [2.05, 4.69) is 20.1 Å². The fourth-order valence-corrected chi connectivity index (χ4v) is 7.40. The molecule has 0 aliphatic heterocycles. The van der Waals surface area contributed by atoms with Crippen molar-refractivity contribution in [2.24, 2.45) is 17.8 Å². The summed E-state index contributed by atoms with van der Waals surface area (Å²) in [4.78, 5) is 21.4. The van der Waals surface area contributed by atoms with Gasteiger partial charge in [-0.2, -0.15) is 0 Å². The van der Waals surface area contributed by atoms with Crippen molar-refractivity contribution < 1.29 is 38.1 Å². The lowest BCUT2D eigenvalue weighted by Crippen LogP contribution is -2.25. The predicted octanol–water partition coefficient (Wildman–Crippen LogP) is 8.85. The van der Waals surface area contributed by atoms with Crippen LogP contribution in [0, 0.1) is 29.4 Å². The van der Waals surface area contributed by atoms with Crippen LogP contribution in [-0.2, 0) is 19.1 Å². The molecule has 2 fully saturated rings. The normalized spacial score (nSPS) is 21.2. The number of esters is 1. The smallest absolute Gasteiger partial charge is 0.335 e. The van der Waals surface area contributed by atoms with Crippen LogP contribution >= 0.6 is 0 Å². The van der Waals surface area contributed by atoms with Gasteiger partial charge in [0.25, 0.3) is 0 Å². The fraction of sp³-hybridized carbons (Fsp3) is 0.561. The van der Waals surface area contributed by atoms with E-state index >= 15 is 8.78 Å². The molecule has 0 spiro atoms. The lowest BCUT2D eigenvalue weighted by atomic mass is 9.68. The Morgan fingerprint density at radius 1 is 0.898 bits per heavy atom. The zero-order valence-electron chi connectivity index (χ0n) is 29.4. The first kappa shape index (κ1) is 40.2. The largest absolute Gasteiger partial charge is 0.462 e. The predicted molar refractivity (Wildman–Crippen MR) is 190 cm³/mol. The number of benzene rings is 2. The molecule has 2 aromatic rings. The summed E-state index contributed by atoms with van der Waals surface area (Å²) in [5.41, 5.74) is 2.35. The van der Waals surface area contributed by atoms with Crippen LogP contribution < -0.4 is 0 Å². The van der Waals surface area contributed by atoms with Crippen LogP contribution in [0.3, 0.4) is 0 Å². The maximum atomic E-state index is 15.4. The highest BCUT2D eigenvalue weighted by Crippen LogP contribution is 2.45. The van der Waals surface area contributed by atoms with Gasteiger partial charge in [0.05, 0.1) is 25.4 Å². The van der Waals surface area contributed by atoms with Gasteiger partial charge in [-0.05, 0) is 91.0 Å². The number of unbranched alkanes of at least 4 members (excludes halogenated alkanes) is 2. The van der Waals surface area contributed by atoms with Crippen LogP contribution in [0.15, 0.2) is 60.7 Å². The van der Waals surface area contributed by atoms with E-state index in [1.54, 1.807) is 12.1 Å². The second-order valence-electron chi connectivity index (χ2n) is 13.8. The highest BCUT2D eigenvalue weighted by Gasteiger charge is 2.32. The number of carbonyl (C=O) groups excluding carboxylic acids is 2. The third-order valence-corrected chi connectivity index (χ3v) is 10.4. The summed E-state index contributed by atoms with van der Waals surface area (Å²) in [7, 11) is 1.52. The van der Waals surface area contributed by atoms with Crippen molar-refractivity contribution in [3.05, 3.63) is 83.5 Å². The Morgan fingerprint density at radius 3 is 2.10 bits per heavy atom. The Balaban J connectivity index is 0.000000992. The van der Waals surface area contributed by atoms with E-state index in [0.717, 1.165) is 36.2 Å². The van der Waals surface area contributed by atoms with Crippen LogP contribution in [0.1, 0.15) is 107 Å². The van der Waals surface area contributed by atoms with Gasteiger partial charge in [0.15, 0.2) is 0 Å². The van der Waals surface area contributed by atoms with Gasteiger partial charge < -0.3 is 19.7 Å². The van der Waals surface area contributed by atoms with Crippen LogP contribution in [-0.4, -0.2) is 56.0 Å². The lowest BCUT2D eigenvalue weighted by Gasteiger charge is -2.38. The van der Waals surface area contributed by atoms with Gasteiger partial charge >= 0.3 is 5.97 Å². The first-order valence-electron chi connectivity index (χ1n) is 17.9. The molecule has 2 aromatic carbocycles. The Bertz CT molecular complexity index is 1360. The average Bonchev–Trinajstić information content (AvgIpc) is 3.13. The van der Waals surface area contributed by atoms with Crippen LogP contribution in [0.2, 0.25) is 0 Å². The van der Waals surface area contributed by atoms with E-state index in [9.17, 15) is 9.59 Å². The third kappa shape index (κ3) is 12.3. The molecular formula is C41H56F2O6. The van der Waals surface area contributed by atoms with Crippen LogP contribution in [0.25, 0.3) is 11.1 Å². The van der Waals surface area contributed by atoms with Crippen molar-refractivity contribution in [2.45, 2.75) is 95.8 Å². The molecule has 270 valence electrons. The molecular weight excluding hydrogens is 626 g/mol. The number of carbonyl (C=O) groups is 2. The molecule has 4 rings (SSSR count). The first-order chi connectivity index (χ1) is 23.6. The van der Waals surface area contributed by atoms with Gasteiger partial charge in [-0.15, -0.1) is 0 Å². The molecule has 8 heteroatoms. The maximum absolute atomic E-state index is 15.4. The quantitative estimate of drug-likeness (QED) is 0.0796. The molecule has 2 aliphatic rings. The highest BCUT2D eigenvalue weighted by atomic mass is 19.1. The molecule has 2 aliphatic carbocycles. The summed E-state index contributed by atoms with van der Waals surface area (Å²) in [5.74, 6) is 0.940. The lowest BCUT2D eigenvalue weighted by molar-refractivity contribution is -0.140. The van der Waals surface area contributed by atoms with Gasteiger partial charge in [-0.25, -0.2) is 13.6 Å². The summed E-state index contributed by atoms with van der Waals surface area (Å²) in [6.07, 6.45) is 15.9. The molecule has 0 aromatic heterocycles. The third-order valence-electron chi connectivity index (χ3n) is 10.4. The molecule has 0 saturated heterocycles. The maximum Gasteiger partial charge on any atom is 0.335 e. The SMILES string of the molecule is C=C(C=O)CO.C=C(CO)C(=O)OCC(COC)c1ccc(-c2ccc(C3CCC(C4CCC(CCCCC)CC4)CC3)c(F)c2)c(F)c1. The van der Waals surface area contributed by atoms with E-state index < -0.39 is 24.3 Å². The number of hydrogen-bond acceptors (Lipinski definition) is 6. The van der Waals surface area contributed by atoms with E-state index in [4.69, 9.17) is 19.7 Å². The zero-order chi connectivity index (χ0) is 35.8. The Hall–Kier alpha value is -3.20. The Labute approximate surface area is 291 Å². The van der Waals surface area contributed by atoms with Crippen molar-refractivity contribution in [1.82, 2.24) is 0 Å². The van der Waals surface area contributed by atoms with Crippen LogP contribution in [0.4, 0.5) is 8.78 Å². The minimum atomic E-state index is -0.704. The second-order valence-corrected chi connectivity index (χ2v) is 13.8.